The van der Waals surface area contributed by atoms with E-state index in [-0.39, 0.29) is 0 Å². The Labute approximate surface area is 206 Å². The van der Waals surface area contributed by atoms with Gasteiger partial charge in [0.25, 0.3) is 0 Å². The minimum Gasteiger partial charge on any atom is -0.479 e. The van der Waals surface area contributed by atoms with Crippen molar-refractivity contribution < 1.29 is 34.7 Å². The summed E-state index contributed by atoms with van der Waals surface area (Å²) in [6.07, 6.45) is -7.49. The van der Waals surface area contributed by atoms with Crippen molar-refractivity contribution in [3.05, 3.63) is 41.4 Å². The highest BCUT2D eigenvalue weighted by atomic mass is 35.5. The average molecular weight is 511 g/mol. The van der Waals surface area contributed by atoms with Crippen LogP contribution in [0.3, 0.4) is 0 Å². The summed E-state index contributed by atoms with van der Waals surface area (Å²) in [6.45, 7) is 1.61. The smallest absolute Gasteiger partial charge is 0.335 e. The lowest BCUT2D eigenvalue weighted by molar-refractivity contribution is -0.271. The number of aliphatic hydroxyl groups excluding tert-OH is 3. The molecule has 0 radical (unpaired) electrons. The van der Waals surface area contributed by atoms with Crippen LogP contribution >= 0.6 is 23.4 Å². The first-order valence-electron chi connectivity index (χ1n) is 10.8. The van der Waals surface area contributed by atoms with E-state index >= 15 is 0 Å². The summed E-state index contributed by atoms with van der Waals surface area (Å²) >= 11 is 7.75. The van der Waals surface area contributed by atoms with Crippen LogP contribution in [-0.4, -0.2) is 89.2 Å². The second kappa shape index (κ2) is 10.3. The van der Waals surface area contributed by atoms with Gasteiger partial charge in [0.05, 0.1) is 16.3 Å². The molecule has 1 fully saturated rings. The quantitative estimate of drug-likeness (QED) is 0.440. The van der Waals surface area contributed by atoms with Crippen LogP contribution in [0.5, 0.6) is 5.75 Å². The topological polar surface area (TPSA) is 123 Å². The Balaban J connectivity index is 1.66. The first-order chi connectivity index (χ1) is 16.2. The molecule has 0 aromatic heterocycles. The standard InChI is InChI=1S/C23H27ClN2O7S/c1-25(2)9-4-10-26-13-5-3-6-15(21(13)34-16-8-7-12(24)11-14(16)26)32-23-19(29)17(27)18(28)20(33-23)22(30)31/h3,5-8,11,17-20,23,27-29H,4,9-10H2,1-2H3,(H,30,31)/t17-,18-,19+,20-,23+/m0/s1. The Bertz CT molecular complexity index is 1060. The third-order valence-corrected chi connectivity index (χ3v) is 7.13. The van der Waals surface area contributed by atoms with Gasteiger partial charge in [-0.1, -0.05) is 29.4 Å². The van der Waals surface area contributed by atoms with Gasteiger partial charge in [0.2, 0.25) is 6.29 Å². The van der Waals surface area contributed by atoms with Crippen molar-refractivity contribution >= 4 is 40.7 Å². The van der Waals surface area contributed by atoms with E-state index in [2.05, 4.69) is 9.80 Å². The van der Waals surface area contributed by atoms with E-state index in [1.54, 1.807) is 12.1 Å². The molecule has 5 atom stereocenters. The van der Waals surface area contributed by atoms with Gasteiger partial charge in [0, 0.05) is 16.5 Å². The van der Waals surface area contributed by atoms with Gasteiger partial charge < -0.3 is 39.7 Å². The van der Waals surface area contributed by atoms with Crippen molar-refractivity contribution in [3.8, 4) is 5.75 Å². The van der Waals surface area contributed by atoms with Crippen LogP contribution in [0.4, 0.5) is 11.4 Å². The molecule has 2 aliphatic heterocycles. The molecular weight excluding hydrogens is 484 g/mol. The van der Waals surface area contributed by atoms with E-state index in [1.165, 1.54) is 11.8 Å². The van der Waals surface area contributed by atoms with E-state index in [9.17, 15) is 25.2 Å². The van der Waals surface area contributed by atoms with Crippen molar-refractivity contribution in [1.29, 1.82) is 0 Å². The highest BCUT2D eigenvalue weighted by Gasteiger charge is 2.48. The molecule has 4 N–H and O–H groups in total. The Morgan fingerprint density at radius 1 is 1.15 bits per heavy atom. The normalized spacial score (nSPS) is 26.2. The summed E-state index contributed by atoms with van der Waals surface area (Å²) < 4.78 is 11.2. The average Bonchev–Trinajstić information content (AvgIpc) is 2.79. The largest absolute Gasteiger partial charge is 0.479 e. The zero-order valence-electron chi connectivity index (χ0n) is 18.7. The molecule has 0 amide bonds. The molecule has 0 unspecified atom stereocenters. The predicted octanol–water partition coefficient (Wildman–Crippen LogP) is 2.17. The number of halogens is 1. The zero-order valence-corrected chi connectivity index (χ0v) is 20.2. The number of rotatable bonds is 7. The number of aliphatic hydroxyl groups is 3. The maximum absolute atomic E-state index is 11.4. The molecule has 2 aromatic carbocycles. The lowest BCUT2D eigenvalue weighted by Crippen LogP contribution is -2.61. The molecule has 0 spiro atoms. The van der Waals surface area contributed by atoms with Crippen molar-refractivity contribution in [2.75, 3.05) is 32.1 Å². The fourth-order valence-corrected chi connectivity index (χ4v) is 5.30. The second-order valence-electron chi connectivity index (χ2n) is 8.48. The number of hydrogen-bond donors (Lipinski definition) is 4. The first-order valence-corrected chi connectivity index (χ1v) is 12.0. The van der Waals surface area contributed by atoms with Gasteiger partial charge in [-0.25, -0.2) is 4.79 Å². The van der Waals surface area contributed by atoms with Gasteiger partial charge in [-0.05, 0) is 57.4 Å². The van der Waals surface area contributed by atoms with Crippen LogP contribution in [0, 0.1) is 0 Å². The lowest BCUT2D eigenvalue weighted by Gasteiger charge is -2.39. The van der Waals surface area contributed by atoms with Gasteiger partial charge in [-0.3, -0.25) is 0 Å². The van der Waals surface area contributed by atoms with Gasteiger partial charge in [-0.15, -0.1) is 0 Å². The minimum atomic E-state index is -1.78. The molecule has 9 nitrogen and oxygen atoms in total. The molecule has 184 valence electrons. The molecule has 2 aromatic rings. The third-order valence-electron chi connectivity index (χ3n) is 5.72. The van der Waals surface area contributed by atoms with E-state index in [0.717, 1.165) is 40.7 Å². The number of ether oxygens (including phenoxy) is 2. The Morgan fingerprint density at radius 2 is 1.91 bits per heavy atom. The number of anilines is 2. The number of carboxylic acids is 1. The molecule has 2 aliphatic rings. The van der Waals surface area contributed by atoms with Crippen LogP contribution in [0.2, 0.25) is 5.02 Å². The summed E-state index contributed by atoms with van der Waals surface area (Å²) in [6, 6.07) is 11.1. The number of benzene rings is 2. The van der Waals surface area contributed by atoms with Crippen molar-refractivity contribution in [1.82, 2.24) is 4.90 Å². The highest BCUT2D eigenvalue weighted by molar-refractivity contribution is 7.99. The molecule has 11 heteroatoms. The minimum absolute atomic E-state index is 0.359. The SMILES string of the molecule is CN(C)CCCN1c2cc(Cl)ccc2Sc2c(O[C@@H]3O[C@H](C(=O)O)[C@@H](O)[C@H](O)[C@H]3O)cccc21. The van der Waals surface area contributed by atoms with Gasteiger partial charge in [0.15, 0.2) is 6.10 Å². The molecule has 34 heavy (non-hydrogen) atoms. The number of carbonyl (C=O) groups is 1. The number of aliphatic carboxylic acids is 1. The summed E-state index contributed by atoms with van der Waals surface area (Å²) in [7, 11) is 4.03. The Kier molecular flexibility index (Phi) is 7.58. The van der Waals surface area contributed by atoms with Gasteiger partial charge in [0.1, 0.15) is 24.1 Å². The number of nitrogens with zero attached hydrogens (tertiary/aromatic N) is 2. The third kappa shape index (κ3) is 4.99. The molecule has 0 aliphatic carbocycles. The zero-order chi connectivity index (χ0) is 24.6. The summed E-state index contributed by atoms with van der Waals surface area (Å²) in [4.78, 5) is 17.4. The van der Waals surface area contributed by atoms with Gasteiger partial charge in [-0.2, -0.15) is 0 Å². The molecule has 2 heterocycles. The maximum Gasteiger partial charge on any atom is 0.335 e. The molecule has 0 bridgehead atoms. The fraction of sp³-hybridized carbons (Fsp3) is 0.435. The fourth-order valence-electron chi connectivity index (χ4n) is 4.00. The van der Waals surface area contributed by atoms with E-state index in [1.807, 2.05) is 38.4 Å². The number of fused-ring (bicyclic) bond motifs is 2. The molecular formula is C23H27ClN2O7S. The van der Waals surface area contributed by atoms with E-state index < -0.39 is 36.7 Å². The van der Waals surface area contributed by atoms with E-state index in [0.29, 0.717) is 10.8 Å². The number of hydrogen-bond acceptors (Lipinski definition) is 9. The first kappa shape index (κ1) is 25.1. The maximum atomic E-state index is 11.4. The van der Waals surface area contributed by atoms with Crippen molar-refractivity contribution in [3.63, 3.8) is 0 Å². The second-order valence-corrected chi connectivity index (χ2v) is 9.97. The molecule has 4 rings (SSSR count). The summed E-state index contributed by atoms with van der Waals surface area (Å²) in [5, 5.41) is 40.4. The lowest BCUT2D eigenvalue weighted by atomic mass is 9.99. The summed E-state index contributed by atoms with van der Waals surface area (Å²) in [5.74, 6) is -1.10. The van der Waals surface area contributed by atoms with Crippen LogP contribution in [-0.2, 0) is 9.53 Å². The van der Waals surface area contributed by atoms with Gasteiger partial charge >= 0.3 is 5.97 Å². The summed E-state index contributed by atoms with van der Waals surface area (Å²) in [5.41, 5.74) is 1.84. The van der Waals surface area contributed by atoms with E-state index in [4.69, 9.17) is 21.1 Å². The highest BCUT2D eigenvalue weighted by Crippen LogP contribution is 2.52. The van der Waals surface area contributed by atoms with Crippen LogP contribution in [0.25, 0.3) is 0 Å². The van der Waals surface area contributed by atoms with Crippen molar-refractivity contribution in [2.45, 2.75) is 46.9 Å². The van der Waals surface area contributed by atoms with Crippen LogP contribution < -0.4 is 9.64 Å². The Morgan fingerprint density at radius 3 is 2.62 bits per heavy atom. The van der Waals surface area contributed by atoms with Crippen molar-refractivity contribution in [2.24, 2.45) is 0 Å². The van der Waals surface area contributed by atoms with Crippen LogP contribution in [0.1, 0.15) is 6.42 Å². The predicted molar refractivity (Wildman–Crippen MR) is 127 cm³/mol. The van der Waals surface area contributed by atoms with Crippen LogP contribution in [0.15, 0.2) is 46.2 Å². The Hall–Kier alpha value is -2.05. The molecule has 1 saturated heterocycles. The monoisotopic (exact) mass is 510 g/mol. The number of carboxylic acid groups (broad SMARTS) is 1. The molecule has 0 saturated carbocycles.